The predicted octanol–water partition coefficient (Wildman–Crippen LogP) is 3.52. The van der Waals surface area contributed by atoms with Crippen LogP contribution in [0.15, 0.2) is 48.5 Å². The highest BCUT2D eigenvalue weighted by atomic mass is 35.5. The molecule has 0 bridgehead atoms. The van der Waals surface area contributed by atoms with Gasteiger partial charge in [-0.15, -0.1) is 0 Å². The van der Waals surface area contributed by atoms with Crippen LogP contribution in [0.3, 0.4) is 0 Å². The summed E-state index contributed by atoms with van der Waals surface area (Å²) in [7, 11) is 0. The molecule has 0 saturated heterocycles. The molecular weight excluding hydrogens is 328 g/mol. The maximum Gasteiger partial charge on any atom is 0.319 e. The van der Waals surface area contributed by atoms with E-state index in [1.807, 2.05) is 31.2 Å². The van der Waals surface area contributed by atoms with Crippen molar-refractivity contribution < 1.29 is 14.6 Å². The van der Waals surface area contributed by atoms with E-state index in [4.69, 9.17) is 21.4 Å². The van der Waals surface area contributed by atoms with E-state index in [2.05, 4.69) is 10.6 Å². The number of aliphatic hydroxyl groups excluding tert-OH is 1. The number of urea groups is 1. The summed E-state index contributed by atoms with van der Waals surface area (Å²) in [6, 6.07) is 14.4. The molecule has 0 radical (unpaired) electrons. The van der Waals surface area contributed by atoms with Gasteiger partial charge in [-0.05, 0) is 30.7 Å². The quantitative estimate of drug-likeness (QED) is 0.717. The van der Waals surface area contributed by atoms with E-state index in [1.165, 1.54) is 0 Å². The third-order valence-electron chi connectivity index (χ3n) is 3.39. The largest absolute Gasteiger partial charge is 0.394 e. The van der Waals surface area contributed by atoms with Gasteiger partial charge in [-0.2, -0.15) is 0 Å². The van der Waals surface area contributed by atoms with E-state index in [0.29, 0.717) is 10.7 Å². The van der Waals surface area contributed by atoms with Crippen LogP contribution in [0.25, 0.3) is 0 Å². The Balaban J connectivity index is 1.94. The number of aryl methyl sites for hydroxylation is 1. The first-order chi connectivity index (χ1) is 11.6. The van der Waals surface area contributed by atoms with Gasteiger partial charge in [0.1, 0.15) is 0 Å². The molecule has 2 amide bonds. The van der Waals surface area contributed by atoms with Crippen LogP contribution < -0.4 is 10.6 Å². The second-order valence-electron chi connectivity index (χ2n) is 5.34. The summed E-state index contributed by atoms with van der Waals surface area (Å²) < 4.78 is 5.62. The molecule has 0 saturated carbocycles. The lowest BCUT2D eigenvalue weighted by molar-refractivity contribution is 0.0297. The molecule has 1 unspecified atom stereocenters. The van der Waals surface area contributed by atoms with Crippen molar-refractivity contribution in [2.24, 2.45) is 0 Å². The number of aliphatic hydroxyl groups is 1. The number of carbonyl (C=O) groups is 1. The molecule has 0 aliphatic heterocycles. The number of ether oxygens (including phenoxy) is 1. The van der Waals surface area contributed by atoms with Crippen molar-refractivity contribution >= 4 is 23.3 Å². The van der Waals surface area contributed by atoms with E-state index in [9.17, 15) is 4.79 Å². The highest BCUT2D eigenvalue weighted by molar-refractivity contribution is 6.30. The molecule has 24 heavy (non-hydrogen) atoms. The van der Waals surface area contributed by atoms with Gasteiger partial charge < -0.3 is 20.5 Å². The maximum atomic E-state index is 12.0. The summed E-state index contributed by atoms with van der Waals surface area (Å²) in [5.74, 6) is 0. The van der Waals surface area contributed by atoms with Crippen molar-refractivity contribution in [2.45, 2.75) is 13.0 Å². The molecule has 0 heterocycles. The van der Waals surface area contributed by atoms with Crippen LogP contribution in [0.2, 0.25) is 5.02 Å². The zero-order valence-electron chi connectivity index (χ0n) is 13.5. The van der Waals surface area contributed by atoms with Gasteiger partial charge in [0, 0.05) is 17.3 Å². The molecule has 1 atom stereocenters. The average molecular weight is 349 g/mol. The van der Waals surface area contributed by atoms with Gasteiger partial charge in [-0.1, -0.05) is 47.5 Å². The second-order valence-corrected chi connectivity index (χ2v) is 5.78. The Morgan fingerprint density at radius 1 is 1.25 bits per heavy atom. The first-order valence-electron chi connectivity index (χ1n) is 7.68. The van der Waals surface area contributed by atoms with Crippen LogP contribution in [0.4, 0.5) is 10.5 Å². The molecule has 0 spiro atoms. The fourth-order valence-corrected chi connectivity index (χ4v) is 2.37. The molecular formula is C18H21ClN2O3. The monoisotopic (exact) mass is 348 g/mol. The molecule has 0 aliphatic carbocycles. The van der Waals surface area contributed by atoms with E-state index < -0.39 is 0 Å². The Hall–Kier alpha value is -2.08. The minimum absolute atomic E-state index is 0.0723. The normalized spacial score (nSPS) is 11.8. The van der Waals surface area contributed by atoms with E-state index >= 15 is 0 Å². The number of benzene rings is 2. The SMILES string of the molecule is Cc1ccc(C(CNC(=O)Nc2cccc(Cl)c2)OCCO)cc1. The van der Waals surface area contributed by atoms with Crippen molar-refractivity contribution in [2.75, 3.05) is 25.1 Å². The number of nitrogens with one attached hydrogen (secondary N) is 2. The zero-order valence-corrected chi connectivity index (χ0v) is 14.2. The number of anilines is 1. The first-order valence-corrected chi connectivity index (χ1v) is 8.05. The highest BCUT2D eigenvalue weighted by Gasteiger charge is 2.13. The van der Waals surface area contributed by atoms with E-state index in [1.54, 1.807) is 24.3 Å². The fraction of sp³-hybridized carbons (Fsp3) is 0.278. The molecule has 5 nitrogen and oxygen atoms in total. The van der Waals surface area contributed by atoms with Gasteiger partial charge >= 0.3 is 6.03 Å². The number of rotatable bonds is 7. The minimum Gasteiger partial charge on any atom is -0.394 e. The van der Waals surface area contributed by atoms with Gasteiger partial charge in [-0.25, -0.2) is 4.79 Å². The van der Waals surface area contributed by atoms with Crippen molar-refractivity contribution in [1.29, 1.82) is 0 Å². The number of carbonyl (C=O) groups excluding carboxylic acids is 1. The topological polar surface area (TPSA) is 70.6 Å². The summed E-state index contributed by atoms with van der Waals surface area (Å²) >= 11 is 5.89. The number of hydrogen-bond acceptors (Lipinski definition) is 3. The standard InChI is InChI=1S/C18H21ClN2O3/c1-13-5-7-14(8-6-13)17(24-10-9-22)12-20-18(23)21-16-4-2-3-15(19)11-16/h2-8,11,17,22H,9-10,12H2,1H3,(H2,20,21,23). The lowest BCUT2D eigenvalue weighted by Gasteiger charge is -2.19. The van der Waals surface area contributed by atoms with Crippen LogP contribution in [0, 0.1) is 6.92 Å². The van der Waals surface area contributed by atoms with Crippen molar-refractivity contribution in [3.8, 4) is 0 Å². The van der Waals surface area contributed by atoms with Crippen LogP contribution in [0.5, 0.6) is 0 Å². The van der Waals surface area contributed by atoms with Crippen molar-refractivity contribution in [1.82, 2.24) is 5.32 Å². The summed E-state index contributed by atoms with van der Waals surface area (Å²) in [4.78, 5) is 12.0. The number of hydrogen-bond donors (Lipinski definition) is 3. The Labute approximate surface area is 146 Å². The van der Waals surface area contributed by atoms with Crippen LogP contribution in [-0.4, -0.2) is 30.9 Å². The van der Waals surface area contributed by atoms with Crippen molar-refractivity contribution in [3.63, 3.8) is 0 Å². The Morgan fingerprint density at radius 3 is 2.67 bits per heavy atom. The fourth-order valence-electron chi connectivity index (χ4n) is 2.18. The van der Waals surface area contributed by atoms with Crippen LogP contribution in [0.1, 0.15) is 17.2 Å². The third kappa shape index (κ3) is 5.85. The lowest BCUT2D eigenvalue weighted by Crippen LogP contribution is -2.33. The molecule has 2 aromatic carbocycles. The van der Waals surface area contributed by atoms with Gasteiger partial charge in [0.15, 0.2) is 0 Å². The first kappa shape index (κ1) is 18.3. The summed E-state index contributed by atoms with van der Waals surface area (Å²) in [5.41, 5.74) is 2.70. The van der Waals surface area contributed by atoms with Gasteiger partial charge in [0.05, 0.1) is 19.3 Å². The van der Waals surface area contributed by atoms with Crippen molar-refractivity contribution in [3.05, 3.63) is 64.7 Å². The van der Waals surface area contributed by atoms with Gasteiger partial charge in [0.25, 0.3) is 0 Å². The molecule has 0 aromatic heterocycles. The average Bonchev–Trinajstić information content (AvgIpc) is 2.56. The smallest absolute Gasteiger partial charge is 0.319 e. The predicted molar refractivity (Wildman–Crippen MR) is 95.4 cm³/mol. The highest BCUT2D eigenvalue weighted by Crippen LogP contribution is 2.18. The number of halogens is 1. The Morgan fingerprint density at radius 2 is 2.00 bits per heavy atom. The molecule has 0 fully saturated rings. The minimum atomic E-state index is -0.345. The maximum absolute atomic E-state index is 12.0. The molecule has 128 valence electrons. The summed E-state index contributed by atoms with van der Waals surface area (Å²) in [6.45, 7) is 2.42. The summed E-state index contributed by atoms with van der Waals surface area (Å²) in [6.07, 6.45) is -0.331. The Kier molecular flexibility index (Phi) is 7.06. The van der Waals surface area contributed by atoms with Gasteiger partial charge in [0.2, 0.25) is 0 Å². The number of amides is 2. The third-order valence-corrected chi connectivity index (χ3v) is 3.63. The molecule has 0 aliphatic rings. The van der Waals surface area contributed by atoms with Crippen LogP contribution >= 0.6 is 11.6 Å². The van der Waals surface area contributed by atoms with E-state index in [0.717, 1.165) is 11.1 Å². The molecule has 2 rings (SSSR count). The molecule has 2 aromatic rings. The Bertz CT molecular complexity index is 662. The zero-order chi connectivity index (χ0) is 17.4. The van der Waals surface area contributed by atoms with E-state index in [-0.39, 0.29) is 31.9 Å². The molecule has 6 heteroatoms. The second kappa shape index (κ2) is 9.27. The molecule has 3 N–H and O–H groups in total. The lowest BCUT2D eigenvalue weighted by atomic mass is 10.1. The van der Waals surface area contributed by atoms with Crippen LogP contribution in [-0.2, 0) is 4.74 Å². The summed E-state index contributed by atoms with van der Waals surface area (Å²) in [5, 5.41) is 15.0. The van der Waals surface area contributed by atoms with Gasteiger partial charge in [-0.3, -0.25) is 0 Å².